The Bertz CT molecular complexity index is 965. The Labute approximate surface area is 183 Å². The van der Waals surface area contributed by atoms with Crippen LogP contribution in [0.2, 0.25) is 5.02 Å². The zero-order chi connectivity index (χ0) is 21.3. The lowest BCUT2D eigenvalue weighted by Gasteiger charge is -2.10. The number of anilines is 1. The fourth-order valence-corrected chi connectivity index (χ4v) is 4.29. The molecule has 2 N–H and O–H groups in total. The molecule has 1 aliphatic carbocycles. The lowest BCUT2D eigenvalue weighted by atomic mass is 10.1. The quantitative estimate of drug-likeness (QED) is 0.566. The van der Waals surface area contributed by atoms with E-state index in [0.717, 1.165) is 6.42 Å². The number of benzene rings is 2. The Kier molecular flexibility index (Phi) is 6.42. The van der Waals surface area contributed by atoms with Crippen molar-refractivity contribution >= 4 is 52.3 Å². The lowest BCUT2D eigenvalue weighted by Crippen LogP contribution is -2.24. The maximum atomic E-state index is 13.5. The molecule has 2 amide bonds. The molecule has 2 aromatic rings. The second-order valence-electron chi connectivity index (χ2n) is 7.08. The summed E-state index contributed by atoms with van der Waals surface area (Å²) in [4.78, 5) is 25.0. The third-order valence-electron chi connectivity index (χ3n) is 4.89. The molecule has 29 heavy (non-hydrogen) atoms. The summed E-state index contributed by atoms with van der Waals surface area (Å²) < 4.78 is 12.3. The minimum Gasteiger partial charge on any atom is -0.352 e. The molecule has 3 rings (SSSR count). The van der Waals surface area contributed by atoms with Gasteiger partial charge in [-0.3, -0.25) is 9.59 Å². The van der Waals surface area contributed by atoms with Gasteiger partial charge in [-0.1, -0.05) is 30.7 Å². The molecule has 8 heteroatoms. The molecule has 0 saturated heterocycles. The number of hydrogen-bond acceptors (Lipinski definition) is 2. The van der Waals surface area contributed by atoms with Crippen molar-refractivity contribution in [2.24, 2.45) is 5.92 Å². The molecule has 2 unspecified atom stereocenters. The average Bonchev–Trinajstić information content (AvgIpc) is 3.25. The van der Waals surface area contributed by atoms with Crippen LogP contribution in [0.3, 0.4) is 0 Å². The van der Waals surface area contributed by atoms with E-state index in [4.69, 9.17) is 34.8 Å². The Balaban J connectivity index is 1.76. The molecule has 1 aliphatic rings. The normalized spacial score (nSPS) is 19.5. The maximum absolute atomic E-state index is 13.5. The van der Waals surface area contributed by atoms with Crippen LogP contribution in [-0.4, -0.2) is 22.7 Å². The lowest BCUT2D eigenvalue weighted by molar-refractivity contribution is -0.117. The Morgan fingerprint density at radius 2 is 1.90 bits per heavy atom. The van der Waals surface area contributed by atoms with Gasteiger partial charge < -0.3 is 10.6 Å². The van der Waals surface area contributed by atoms with Crippen molar-refractivity contribution in [1.82, 2.24) is 5.32 Å². The van der Waals surface area contributed by atoms with Crippen molar-refractivity contribution in [2.75, 3.05) is 11.9 Å². The highest BCUT2D eigenvalue weighted by Gasteiger charge is 2.67. The molecule has 1 saturated carbocycles. The second-order valence-corrected chi connectivity index (χ2v) is 8.93. The smallest absolute Gasteiger partial charge is 0.252 e. The number of hydrogen-bond donors (Lipinski definition) is 2. The summed E-state index contributed by atoms with van der Waals surface area (Å²) in [5, 5.41) is 5.77. The summed E-state index contributed by atoms with van der Waals surface area (Å²) in [7, 11) is 0. The third kappa shape index (κ3) is 4.52. The van der Waals surface area contributed by atoms with Gasteiger partial charge in [0.05, 0.1) is 16.5 Å². The van der Waals surface area contributed by atoms with E-state index in [1.54, 1.807) is 31.2 Å². The molecule has 0 aromatic heterocycles. The van der Waals surface area contributed by atoms with Crippen LogP contribution in [-0.2, 0) is 4.79 Å². The van der Waals surface area contributed by atoms with Crippen LogP contribution in [0.15, 0.2) is 36.4 Å². The van der Waals surface area contributed by atoms with E-state index < -0.39 is 16.2 Å². The fourth-order valence-electron chi connectivity index (χ4n) is 3.26. The molecule has 0 bridgehead atoms. The van der Waals surface area contributed by atoms with Crippen molar-refractivity contribution in [3.63, 3.8) is 0 Å². The monoisotopic (exact) mass is 456 g/mol. The summed E-state index contributed by atoms with van der Waals surface area (Å²) in [5.74, 6) is -2.19. The zero-order valence-electron chi connectivity index (χ0n) is 15.9. The van der Waals surface area contributed by atoms with Gasteiger partial charge in [0.2, 0.25) is 5.91 Å². The summed E-state index contributed by atoms with van der Waals surface area (Å²) in [6.45, 7) is 4.10. The molecule has 4 nitrogen and oxygen atoms in total. The van der Waals surface area contributed by atoms with Crippen LogP contribution in [0.4, 0.5) is 10.1 Å². The van der Waals surface area contributed by atoms with Gasteiger partial charge in [-0.15, -0.1) is 23.2 Å². The number of aryl methyl sites for hydroxylation is 1. The van der Waals surface area contributed by atoms with Crippen molar-refractivity contribution < 1.29 is 14.0 Å². The first-order valence-electron chi connectivity index (χ1n) is 9.19. The molecule has 2 aromatic carbocycles. The Morgan fingerprint density at radius 1 is 1.17 bits per heavy atom. The minimum absolute atomic E-state index is 0.266. The number of carbonyl (C=O) groups is 2. The first-order valence-corrected chi connectivity index (χ1v) is 10.3. The highest BCUT2D eigenvalue weighted by Crippen LogP contribution is 2.65. The van der Waals surface area contributed by atoms with Crippen molar-refractivity contribution in [1.29, 1.82) is 0 Å². The number of amides is 2. The first kappa shape index (κ1) is 21.9. The Hall–Kier alpha value is -1.82. The second kappa shape index (κ2) is 8.50. The maximum Gasteiger partial charge on any atom is 0.252 e. The van der Waals surface area contributed by atoms with Crippen LogP contribution in [0, 0.1) is 18.7 Å². The highest BCUT2D eigenvalue weighted by molar-refractivity contribution is 6.53. The van der Waals surface area contributed by atoms with E-state index in [1.165, 1.54) is 12.1 Å². The largest absolute Gasteiger partial charge is 0.352 e. The van der Waals surface area contributed by atoms with E-state index in [9.17, 15) is 14.0 Å². The van der Waals surface area contributed by atoms with Gasteiger partial charge >= 0.3 is 0 Å². The number of carbonyl (C=O) groups excluding carboxylic acids is 2. The molecule has 0 aliphatic heterocycles. The van der Waals surface area contributed by atoms with Crippen LogP contribution >= 0.6 is 34.8 Å². The third-order valence-corrected chi connectivity index (χ3v) is 6.16. The predicted molar refractivity (Wildman–Crippen MR) is 115 cm³/mol. The van der Waals surface area contributed by atoms with Gasteiger partial charge in [0, 0.05) is 18.2 Å². The number of nitrogens with one attached hydrogen (secondary N) is 2. The summed E-state index contributed by atoms with van der Waals surface area (Å²) >= 11 is 18.8. The van der Waals surface area contributed by atoms with Crippen molar-refractivity contribution in [3.05, 3.63) is 63.9 Å². The van der Waals surface area contributed by atoms with E-state index in [1.807, 2.05) is 6.92 Å². The molecule has 154 valence electrons. The van der Waals surface area contributed by atoms with Crippen molar-refractivity contribution in [3.8, 4) is 0 Å². The van der Waals surface area contributed by atoms with Crippen LogP contribution < -0.4 is 10.6 Å². The van der Waals surface area contributed by atoms with Gasteiger partial charge in [0.15, 0.2) is 0 Å². The van der Waals surface area contributed by atoms with Gasteiger partial charge in [-0.2, -0.15) is 0 Å². The fraction of sp³-hybridized carbons (Fsp3) is 0.333. The predicted octanol–water partition coefficient (Wildman–Crippen LogP) is 5.45. The van der Waals surface area contributed by atoms with Crippen molar-refractivity contribution in [2.45, 2.75) is 30.5 Å². The highest BCUT2D eigenvalue weighted by atomic mass is 35.5. The number of rotatable bonds is 6. The standard InChI is InChI=1S/C21H20Cl3FN2O2/c1-3-8-26-19(28)14-10-13(5-6-15(14)22)27-20(29)18-17(21(18,23)24)12-4-7-16(25)11(2)9-12/h4-7,9-10,17-18H,3,8H2,1-2H3,(H,26,28)(H,27,29). The van der Waals surface area contributed by atoms with E-state index in [0.29, 0.717) is 23.4 Å². The summed E-state index contributed by atoms with van der Waals surface area (Å²) in [5.41, 5.74) is 1.83. The van der Waals surface area contributed by atoms with E-state index >= 15 is 0 Å². The zero-order valence-corrected chi connectivity index (χ0v) is 18.1. The summed E-state index contributed by atoms with van der Waals surface area (Å²) in [6.07, 6.45) is 0.791. The topological polar surface area (TPSA) is 58.2 Å². The summed E-state index contributed by atoms with van der Waals surface area (Å²) in [6, 6.07) is 9.21. The molecule has 0 heterocycles. The van der Waals surface area contributed by atoms with Crippen LogP contribution in [0.5, 0.6) is 0 Å². The molecule has 1 fully saturated rings. The minimum atomic E-state index is -1.29. The van der Waals surface area contributed by atoms with Gasteiger partial charge in [0.25, 0.3) is 5.91 Å². The van der Waals surface area contributed by atoms with Gasteiger partial charge in [0.1, 0.15) is 10.2 Å². The molecule has 0 spiro atoms. The molecular weight excluding hydrogens is 438 g/mol. The van der Waals surface area contributed by atoms with Gasteiger partial charge in [-0.05, 0) is 48.7 Å². The van der Waals surface area contributed by atoms with E-state index in [2.05, 4.69) is 10.6 Å². The van der Waals surface area contributed by atoms with Crippen LogP contribution in [0.25, 0.3) is 0 Å². The number of halogens is 4. The average molecular weight is 458 g/mol. The Morgan fingerprint density at radius 3 is 2.55 bits per heavy atom. The molecule has 0 radical (unpaired) electrons. The molecule has 2 atom stereocenters. The number of alkyl halides is 2. The van der Waals surface area contributed by atoms with Crippen LogP contribution in [0.1, 0.15) is 40.7 Å². The molecular formula is C21H20Cl3FN2O2. The van der Waals surface area contributed by atoms with E-state index in [-0.39, 0.29) is 28.2 Å². The van der Waals surface area contributed by atoms with Gasteiger partial charge in [-0.25, -0.2) is 4.39 Å². The first-order chi connectivity index (χ1) is 13.7. The SMILES string of the molecule is CCCNC(=O)c1cc(NC(=O)C2C(c3ccc(F)c(C)c3)C2(Cl)Cl)ccc1Cl.